The van der Waals surface area contributed by atoms with E-state index in [1.807, 2.05) is 36.0 Å². The Morgan fingerprint density at radius 1 is 1.33 bits per heavy atom. The van der Waals surface area contributed by atoms with Crippen LogP contribution in [0.4, 0.5) is 0 Å². The highest BCUT2D eigenvalue weighted by Crippen LogP contribution is 2.23. The van der Waals surface area contributed by atoms with Crippen molar-refractivity contribution in [1.82, 2.24) is 30.0 Å². The number of hydrazine groups is 1. The fraction of sp³-hybridized carbons (Fsp3) is 0.182. The first kappa shape index (κ1) is 10.9. The van der Waals surface area contributed by atoms with Crippen LogP contribution in [0.3, 0.4) is 0 Å². The van der Waals surface area contributed by atoms with Gasteiger partial charge in [0.15, 0.2) is 0 Å². The Bertz CT molecular complexity index is 669. The summed E-state index contributed by atoms with van der Waals surface area (Å²) >= 11 is 0. The number of hydrogen-bond donors (Lipinski definition) is 2. The van der Waals surface area contributed by atoms with Gasteiger partial charge in [-0.05, 0) is 12.1 Å². The number of rotatable bonds is 3. The lowest BCUT2D eigenvalue weighted by Crippen LogP contribution is -2.30. The van der Waals surface area contributed by atoms with Gasteiger partial charge in [0.05, 0.1) is 29.6 Å². The van der Waals surface area contributed by atoms with Gasteiger partial charge in [-0.3, -0.25) is 10.5 Å². The molecule has 7 heteroatoms. The van der Waals surface area contributed by atoms with Gasteiger partial charge in [0, 0.05) is 18.8 Å². The minimum Gasteiger partial charge on any atom is -0.271 e. The number of nitrogens with zero attached hydrogens (tertiary/aromatic N) is 5. The minimum absolute atomic E-state index is 0.190. The summed E-state index contributed by atoms with van der Waals surface area (Å²) in [5.74, 6) is 5.66. The second kappa shape index (κ2) is 4.21. The van der Waals surface area contributed by atoms with E-state index in [1.54, 1.807) is 17.1 Å². The van der Waals surface area contributed by atoms with Gasteiger partial charge in [0.2, 0.25) is 0 Å². The van der Waals surface area contributed by atoms with Crippen molar-refractivity contribution in [1.29, 1.82) is 0 Å². The lowest BCUT2D eigenvalue weighted by molar-refractivity contribution is 0.573. The third-order valence-electron chi connectivity index (χ3n) is 2.98. The normalized spacial score (nSPS) is 13.0. The molecular weight excluding hydrogens is 230 g/mol. The highest BCUT2D eigenvalue weighted by Gasteiger charge is 2.20. The summed E-state index contributed by atoms with van der Waals surface area (Å²) in [5, 5.41) is 12.1. The van der Waals surface area contributed by atoms with Gasteiger partial charge in [-0.2, -0.15) is 5.10 Å². The number of nitrogens with two attached hydrogens (primary N) is 1. The van der Waals surface area contributed by atoms with Crippen LogP contribution >= 0.6 is 0 Å². The van der Waals surface area contributed by atoms with Crippen molar-refractivity contribution in [2.24, 2.45) is 12.9 Å². The second-order valence-electron chi connectivity index (χ2n) is 4.01. The Hall–Kier alpha value is -2.25. The lowest BCUT2D eigenvalue weighted by Gasteiger charge is -2.14. The van der Waals surface area contributed by atoms with Crippen molar-refractivity contribution in [2.75, 3.05) is 0 Å². The number of fused-ring (bicyclic) bond motifs is 1. The Balaban J connectivity index is 2.15. The van der Waals surface area contributed by atoms with Crippen LogP contribution in [0.1, 0.15) is 17.3 Å². The molecule has 3 rings (SSSR count). The molecule has 0 aliphatic heterocycles. The van der Waals surface area contributed by atoms with Crippen LogP contribution < -0.4 is 11.3 Å². The molecule has 1 atom stereocenters. The SMILES string of the molecule is Cn1nncc1C(NN)c1cnn2ccccc12. The van der Waals surface area contributed by atoms with E-state index in [0.717, 1.165) is 16.8 Å². The molecule has 1 unspecified atom stereocenters. The van der Waals surface area contributed by atoms with Gasteiger partial charge < -0.3 is 0 Å². The molecule has 0 amide bonds. The molecule has 0 saturated heterocycles. The first-order valence-corrected chi connectivity index (χ1v) is 5.54. The third-order valence-corrected chi connectivity index (χ3v) is 2.98. The van der Waals surface area contributed by atoms with E-state index in [9.17, 15) is 0 Å². The average molecular weight is 243 g/mol. The van der Waals surface area contributed by atoms with Crippen LogP contribution in [0.2, 0.25) is 0 Å². The predicted octanol–water partition coefficient (Wildman–Crippen LogP) is 0.0155. The Morgan fingerprint density at radius 2 is 2.22 bits per heavy atom. The van der Waals surface area contributed by atoms with Gasteiger partial charge in [0.25, 0.3) is 0 Å². The molecule has 0 aliphatic carbocycles. The smallest absolute Gasteiger partial charge is 0.0931 e. The van der Waals surface area contributed by atoms with Crippen molar-refractivity contribution in [3.63, 3.8) is 0 Å². The molecular formula is C11H13N7. The van der Waals surface area contributed by atoms with Gasteiger partial charge in [-0.1, -0.05) is 11.3 Å². The topological polar surface area (TPSA) is 86.1 Å². The van der Waals surface area contributed by atoms with Crippen molar-refractivity contribution < 1.29 is 0 Å². The number of pyridine rings is 1. The largest absolute Gasteiger partial charge is 0.271 e. The zero-order valence-electron chi connectivity index (χ0n) is 9.85. The van der Waals surface area contributed by atoms with E-state index < -0.39 is 0 Å². The fourth-order valence-electron chi connectivity index (χ4n) is 2.07. The van der Waals surface area contributed by atoms with Crippen LogP contribution in [-0.4, -0.2) is 24.6 Å². The molecule has 0 saturated carbocycles. The zero-order valence-corrected chi connectivity index (χ0v) is 9.85. The van der Waals surface area contributed by atoms with Crippen molar-refractivity contribution in [2.45, 2.75) is 6.04 Å². The van der Waals surface area contributed by atoms with Crippen LogP contribution in [0.25, 0.3) is 5.52 Å². The van der Waals surface area contributed by atoms with Crippen LogP contribution in [-0.2, 0) is 7.05 Å². The van der Waals surface area contributed by atoms with E-state index >= 15 is 0 Å². The summed E-state index contributed by atoms with van der Waals surface area (Å²) in [6.45, 7) is 0. The zero-order chi connectivity index (χ0) is 12.5. The highest BCUT2D eigenvalue weighted by molar-refractivity contribution is 5.56. The van der Waals surface area contributed by atoms with Gasteiger partial charge >= 0.3 is 0 Å². The molecule has 3 aromatic heterocycles. The predicted molar refractivity (Wildman–Crippen MR) is 65.4 cm³/mol. The molecule has 0 fully saturated rings. The molecule has 0 aliphatic rings. The maximum atomic E-state index is 5.66. The summed E-state index contributed by atoms with van der Waals surface area (Å²) in [6, 6.07) is 5.71. The Morgan fingerprint density at radius 3 is 2.94 bits per heavy atom. The van der Waals surface area contributed by atoms with E-state index in [0.29, 0.717) is 0 Å². The van der Waals surface area contributed by atoms with Gasteiger partial charge in [-0.15, -0.1) is 5.10 Å². The van der Waals surface area contributed by atoms with Crippen LogP contribution in [0.5, 0.6) is 0 Å². The first-order valence-electron chi connectivity index (χ1n) is 5.54. The molecule has 92 valence electrons. The van der Waals surface area contributed by atoms with Crippen LogP contribution in [0.15, 0.2) is 36.8 Å². The Labute approximate surface area is 103 Å². The second-order valence-corrected chi connectivity index (χ2v) is 4.01. The maximum Gasteiger partial charge on any atom is 0.0931 e. The molecule has 3 aromatic rings. The minimum atomic E-state index is -0.190. The van der Waals surface area contributed by atoms with E-state index in [-0.39, 0.29) is 6.04 Å². The summed E-state index contributed by atoms with van der Waals surface area (Å²) < 4.78 is 3.50. The summed E-state index contributed by atoms with van der Waals surface area (Å²) in [5.41, 5.74) is 5.66. The maximum absolute atomic E-state index is 5.66. The monoisotopic (exact) mass is 243 g/mol. The first-order chi connectivity index (χ1) is 8.81. The third kappa shape index (κ3) is 1.57. The quantitative estimate of drug-likeness (QED) is 0.500. The van der Waals surface area contributed by atoms with E-state index in [1.165, 1.54) is 0 Å². The molecule has 0 spiro atoms. The summed E-state index contributed by atoms with van der Waals surface area (Å²) in [4.78, 5) is 0. The molecule has 3 N–H and O–H groups in total. The molecule has 0 aromatic carbocycles. The molecule has 7 nitrogen and oxygen atoms in total. The number of nitrogens with one attached hydrogen (secondary N) is 1. The standard InChI is InChI=1S/C11H13N7/c1-17-10(7-13-16-17)11(15-12)8-6-14-18-5-3-2-4-9(8)18/h2-7,11,15H,12H2,1H3. The van der Waals surface area contributed by atoms with Gasteiger partial charge in [0.1, 0.15) is 0 Å². The van der Waals surface area contributed by atoms with Crippen LogP contribution in [0, 0.1) is 0 Å². The fourth-order valence-corrected chi connectivity index (χ4v) is 2.07. The summed E-state index contributed by atoms with van der Waals surface area (Å²) in [6.07, 6.45) is 5.39. The molecule has 0 radical (unpaired) electrons. The van der Waals surface area contributed by atoms with E-state index in [2.05, 4.69) is 20.8 Å². The van der Waals surface area contributed by atoms with Crippen molar-refractivity contribution in [3.8, 4) is 0 Å². The average Bonchev–Trinajstić information content (AvgIpc) is 2.99. The van der Waals surface area contributed by atoms with Gasteiger partial charge in [-0.25, -0.2) is 9.94 Å². The number of hydrogen-bond acceptors (Lipinski definition) is 5. The summed E-state index contributed by atoms with van der Waals surface area (Å²) in [7, 11) is 1.83. The van der Waals surface area contributed by atoms with Crippen molar-refractivity contribution in [3.05, 3.63) is 48.0 Å². The Kier molecular flexibility index (Phi) is 2.54. The van der Waals surface area contributed by atoms with E-state index in [4.69, 9.17) is 5.84 Å². The number of aryl methyl sites for hydroxylation is 1. The molecule has 18 heavy (non-hydrogen) atoms. The van der Waals surface area contributed by atoms with Crippen molar-refractivity contribution >= 4 is 5.52 Å². The molecule has 3 heterocycles. The highest BCUT2D eigenvalue weighted by atomic mass is 15.4. The number of aromatic nitrogens is 5. The lowest BCUT2D eigenvalue weighted by atomic mass is 10.1. The molecule has 0 bridgehead atoms.